The van der Waals surface area contributed by atoms with Crippen LogP contribution in [-0.4, -0.2) is 54.5 Å². The Kier molecular flexibility index (Phi) is 6.27. The molecule has 0 radical (unpaired) electrons. The standard InChI is InChI=1S/C15H30N2O3/c1-14(2,3)20-13(19)17-9-5-7-15(4,12-17)11-16-8-6-10-18/h16,18H,5-12H2,1-4H3/t15-/m0/s1. The fourth-order valence-corrected chi connectivity index (χ4v) is 2.54. The van der Waals surface area contributed by atoms with Crippen LogP contribution in [0.1, 0.15) is 47.0 Å². The number of carbonyl (C=O) groups is 1. The zero-order chi connectivity index (χ0) is 15.2. The van der Waals surface area contributed by atoms with Crippen LogP contribution in [0.5, 0.6) is 0 Å². The molecule has 5 nitrogen and oxygen atoms in total. The fraction of sp³-hybridized carbons (Fsp3) is 0.933. The van der Waals surface area contributed by atoms with E-state index >= 15 is 0 Å². The molecule has 0 aromatic rings. The SMILES string of the molecule is CC(C)(C)OC(=O)N1CCC[C@@](C)(CNCCCO)C1. The normalized spacial score (nSPS) is 23.8. The van der Waals surface area contributed by atoms with Gasteiger partial charge in [-0.05, 0) is 52.0 Å². The van der Waals surface area contributed by atoms with Crippen LogP contribution in [0.15, 0.2) is 0 Å². The topological polar surface area (TPSA) is 61.8 Å². The first-order valence-corrected chi connectivity index (χ1v) is 7.55. The molecule has 1 rings (SSSR count). The first kappa shape index (κ1) is 17.2. The number of carbonyl (C=O) groups excluding carboxylic acids is 1. The lowest BCUT2D eigenvalue weighted by atomic mass is 9.82. The van der Waals surface area contributed by atoms with E-state index in [1.165, 1.54) is 0 Å². The monoisotopic (exact) mass is 286 g/mol. The van der Waals surface area contributed by atoms with E-state index in [-0.39, 0.29) is 18.1 Å². The number of amides is 1. The van der Waals surface area contributed by atoms with Gasteiger partial charge in [-0.2, -0.15) is 0 Å². The van der Waals surface area contributed by atoms with Crippen LogP contribution in [0.4, 0.5) is 4.79 Å². The van der Waals surface area contributed by atoms with Gasteiger partial charge in [0.1, 0.15) is 5.60 Å². The molecule has 1 amide bonds. The van der Waals surface area contributed by atoms with E-state index in [2.05, 4.69) is 12.2 Å². The van der Waals surface area contributed by atoms with Gasteiger partial charge in [0.2, 0.25) is 0 Å². The molecule has 1 atom stereocenters. The van der Waals surface area contributed by atoms with Gasteiger partial charge < -0.3 is 20.1 Å². The highest BCUT2D eigenvalue weighted by Gasteiger charge is 2.34. The van der Waals surface area contributed by atoms with E-state index in [0.717, 1.165) is 45.4 Å². The molecule has 0 spiro atoms. The summed E-state index contributed by atoms with van der Waals surface area (Å²) in [7, 11) is 0. The molecule has 1 heterocycles. The van der Waals surface area contributed by atoms with Crippen molar-refractivity contribution in [2.45, 2.75) is 52.6 Å². The highest BCUT2D eigenvalue weighted by atomic mass is 16.6. The summed E-state index contributed by atoms with van der Waals surface area (Å²) < 4.78 is 5.45. The number of nitrogens with zero attached hydrogens (tertiary/aromatic N) is 1. The average molecular weight is 286 g/mol. The quantitative estimate of drug-likeness (QED) is 0.759. The maximum atomic E-state index is 12.1. The first-order chi connectivity index (χ1) is 9.26. The van der Waals surface area contributed by atoms with E-state index in [4.69, 9.17) is 9.84 Å². The number of likely N-dealkylation sites (tertiary alicyclic amines) is 1. The van der Waals surface area contributed by atoms with Gasteiger partial charge in [0.05, 0.1) is 0 Å². The number of nitrogens with one attached hydrogen (secondary N) is 1. The molecule has 118 valence electrons. The highest BCUT2D eigenvalue weighted by Crippen LogP contribution is 2.29. The third-order valence-corrected chi connectivity index (χ3v) is 3.50. The Morgan fingerprint density at radius 1 is 1.45 bits per heavy atom. The lowest BCUT2D eigenvalue weighted by Crippen LogP contribution is -2.50. The van der Waals surface area contributed by atoms with E-state index in [1.807, 2.05) is 25.7 Å². The van der Waals surface area contributed by atoms with Crippen LogP contribution in [0, 0.1) is 5.41 Å². The third kappa shape index (κ3) is 6.09. The lowest BCUT2D eigenvalue weighted by molar-refractivity contribution is 0.00680. The van der Waals surface area contributed by atoms with Gasteiger partial charge in [0.15, 0.2) is 0 Å². The molecule has 0 bridgehead atoms. The van der Waals surface area contributed by atoms with Crippen molar-refractivity contribution >= 4 is 6.09 Å². The van der Waals surface area contributed by atoms with E-state index in [0.29, 0.717) is 0 Å². The summed E-state index contributed by atoms with van der Waals surface area (Å²) in [4.78, 5) is 13.9. The van der Waals surface area contributed by atoms with Crippen molar-refractivity contribution in [3.05, 3.63) is 0 Å². The minimum absolute atomic E-state index is 0.0879. The minimum Gasteiger partial charge on any atom is -0.444 e. The molecule has 2 N–H and O–H groups in total. The van der Waals surface area contributed by atoms with Crippen molar-refractivity contribution in [2.75, 3.05) is 32.8 Å². The van der Waals surface area contributed by atoms with Crippen LogP contribution in [-0.2, 0) is 4.74 Å². The van der Waals surface area contributed by atoms with Crippen molar-refractivity contribution in [1.29, 1.82) is 0 Å². The second-order valence-electron chi connectivity index (χ2n) is 7.07. The van der Waals surface area contributed by atoms with Crippen LogP contribution in [0.2, 0.25) is 0 Å². The van der Waals surface area contributed by atoms with Gasteiger partial charge in [0, 0.05) is 26.2 Å². The summed E-state index contributed by atoms with van der Waals surface area (Å²) in [6.45, 7) is 11.3. The third-order valence-electron chi connectivity index (χ3n) is 3.50. The van der Waals surface area contributed by atoms with Gasteiger partial charge in [-0.15, -0.1) is 0 Å². The summed E-state index contributed by atoms with van der Waals surface area (Å²) in [6, 6.07) is 0. The lowest BCUT2D eigenvalue weighted by Gasteiger charge is -2.41. The molecular weight excluding hydrogens is 256 g/mol. The summed E-state index contributed by atoms with van der Waals surface area (Å²) in [5.41, 5.74) is -0.352. The summed E-state index contributed by atoms with van der Waals surface area (Å²) in [5.74, 6) is 0. The van der Waals surface area contributed by atoms with Gasteiger partial charge in [0.25, 0.3) is 0 Å². The Balaban J connectivity index is 2.46. The van der Waals surface area contributed by atoms with Crippen LogP contribution >= 0.6 is 0 Å². The van der Waals surface area contributed by atoms with Gasteiger partial charge in [-0.3, -0.25) is 0 Å². The number of aliphatic hydroxyl groups excluding tert-OH is 1. The molecule has 1 fully saturated rings. The fourth-order valence-electron chi connectivity index (χ4n) is 2.54. The number of hydrogen-bond donors (Lipinski definition) is 2. The molecule has 0 saturated carbocycles. The predicted octanol–water partition coefficient (Wildman–Crippen LogP) is 2.00. The largest absolute Gasteiger partial charge is 0.444 e. The van der Waals surface area contributed by atoms with Crippen molar-refractivity contribution < 1.29 is 14.6 Å². The van der Waals surface area contributed by atoms with Gasteiger partial charge in [-0.25, -0.2) is 4.79 Å². The van der Waals surface area contributed by atoms with Crippen molar-refractivity contribution in [3.8, 4) is 0 Å². The molecule has 1 aliphatic heterocycles. The number of ether oxygens (including phenoxy) is 1. The molecule has 20 heavy (non-hydrogen) atoms. The average Bonchev–Trinajstić information content (AvgIpc) is 2.33. The van der Waals surface area contributed by atoms with Crippen molar-refractivity contribution in [1.82, 2.24) is 10.2 Å². The van der Waals surface area contributed by atoms with Gasteiger partial charge in [-0.1, -0.05) is 6.92 Å². The van der Waals surface area contributed by atoms with Crippen LogP contribution in [0.3, 0.4) is 0 Å². The second kappa shape index (κ2) is 7.27. The number of rotatable bonds is 5. The van der Waals surface area contributed by atoms with E-state index in [9.17, 15) is 4.79 Å². The molecule has 0 aromatic carbocycles. The zero-order valence-corrected chi connectivity index (χ0v) is 13.4. The Morgan fingerprint density at radius 3 is 2.75 bits per heavy atom. The molecule has 0 unspecified atom stereocenters. The number of aliphatic hydroxyl groups is 1. The van der Waals surface area contributed by atoms with Gasteiger partial charge >= 0.3 is 6.09 Å². The Morgan fingerprint density at radius 2 is 2.15 bits per heavy atom. The Labute approximate surface area is 122 Å². The molecule has 5 heteroatoms. The van der Waals surface area contributed by atoms with E-state index in [1.54, 1.807) is 0 Å². The molecule has 1 saturated heterocycles. The highest BCUT2D eigenvalue weighted by molar-refractivity contribution is 5.68. The molecule has 1 aliphatic rings. The van der Waals surface area contributed by atoms with Crippen LogP contribution in [0.25, 0.3) is 0 Å². The summed E-state index contributed by atoms with van der Waals surface area (Å²) in [6.07, 6.45) is 2.68. The maximum Gasteiger partial charge on any atom is 0.410 e. The Hall–Kier alpha value is -0.810. The summed E-state index contributed by atoms with van der Waals surface area (Å²) >= 11 is 0. The Bertz CT molecular complexity index is 315. The molecule has 0 aliphatic carbocycles. The maximum absolute atomic E-state index is 12.1. The number of hydrogen-bond acceptors (Lipinski definition) is 4. The predicted molar refractivity (Wildman–Crippen MR) is 79.7 cm³/mol. The smallest absolute Gasteiger partial charge is 0.410 e. The molecular formula is C15H30N2O3. The second-order valence-corrected chi connectivity index (χ2v) is 7.07. The summed E-state index contributed by atoms with van der Waals surface area (Å²) in [5, 5.41) is 12.1. The van der Waals surface area contributed by atoms with Crippen LogP contribution < -0.4 is 5.32 Å². The zero-order valence-electron chi connectivity index (χ0n) is 13.4. The first-order valence-electron chi connectivity index (χ1n) is 7.55. The molecule has 0 aromatic heterocycles. The van der Waals surface area contributed by atoms with E-state index < -0.39 is 5.60 Å². The van der Waals surface area contributed by atoms with Crippen molar-refractivity contribution in [2.24, 2.45) is 5.41 Å². The number of piperidine rings is 1. The minimum atomic E-state index is -0.440. The van der Waals surface area contributed by atoms with Crippen molar-refractivity contribution in [3.63, 3.8) is 0 Å².